The number of methoxy groups -OCH3 is 2. The molecular formula is C64H80BBrN8O12S2. The molecule has 0 fully saturated rings. The lowest BCUT2D eigenvalue weighted by Gasteiger charge is -2.31. The zero-order valence-corrected chi connectivity index (χ0v) is 55.3. The zero-order valence-electron chi connectivity index (χ0n) is 52.1. The number of nitrogens with one attached hydrogen (secondary N) is 6. The number of hydrogen-bond donors (Lipinski definition) is 8. The molecule has 4 amide bonds. The van der Waals surface area contributed by atoms with Crippen molar-refractivity contribution in [3.05, 3.63) is 163 Å². The van der Waals surface area contributed by atoms with E-state index in [1.165, 1.54) is 24.3 Å². The number of amides is 4. The Morgan fingerprint density at radius 3 is 1.38 bits per heavy atom. The number of halogens is 1. The van der Waals surface area contributed by atoms with Crippen molar-refractivity contribution in [1.29, 1.82) is 5.41 Å². The normalized spacial score (nSPS) is 11.6. The summed E-state index contributed by atoms with van der Waals surface area (Å²) in [5.41, 5.74) is 1.85. The van der Waals surface area contributed by atoms with Crippen molar-refractivity contribution in [2.75, 3.05) is 20.8 Å². The van der Waals surface area contributed by atoms with Crippen LogP contribution in [0.2, 0.25) is 0 Å². The Balaban J connectivity index is 0.000000304. The van der Waals surface area contributed by atoms with Crippen molar-refractivity contribution in [3.8, 4) is 67.9 Å². The van der Waals surface area contributed by atoms with Gasteiger partial charge in [0.15, 0.2) is 0 Å². The third-order valence-corrected chi connectivity index (χ3v) is 15.4. The molecule has 6 aromatic carbocycles. The molecule has 0 aliphatic heterocycles. The maximum Gasteiger partial charge on any atom is 0.329 e. The van der Waals surface area contributed by atoms with E-state index in [9.17, 15) is 26.4 Å². The first-order valence-electron chi connectivity index (χ1n) is 27.7. The first-order chi connectivity index (χ1) is 41.0. The molecule has 8 N–H and O–H groups in total. The molecule has 20 nitrogen and oxygen atoms in total. The van der Waals surface area contributed by atoms with Crippen LogP contribution in [0, 0.1) is 5.41 Å². The number of hydrogen-bond acceptors (Lipinski definition) is 15. The molecule has 0 saturated heterocycles. The molecule has 0 aliphatic carbocycles. The molecule has 0 bridgehead atoms. The number of benzene rings is 6. The molecule has 7 rings (SSSR count). The van der Waals surface area contributed by atoms with Crippen LogP contribution in [0.5, 0.6) is 34.5 Å². The average molecular weight is 1310 g/mol. The number of nitrogens with zero attached hydrogens (tertiary/aromatic N) is 2. The van der Waals surface area contributed by atoms with Crippen molar-refractivity contribution in [3.63, 3.8) is 0 Å². The highest BCUT2D eigenvalue weighted by molar-refractivity contribution is 9.10. The van der Waals surface area contributed by atoms with E-state index in [2.05, 4.69) is 41.7 Å². The van der Waals surface area contributed by atoms with E-state index < -0.39 is 54.4 Å². The van der Waals surface area contributed by atoms with Gasteiger partial charge in [-0.3, -0.25) is 4.68 Å². The molecule has 0 saturated carbocycles. The fourth-order valence-electron chi connectivity index (χ4n) is 7.10. The van der Waals surface area contributed by atoms with Crippen LogP contribution in [0.15, 0.2) is 172 Å². The van der Waals surface area contributed by atoms with E-state index >= 15 is 0 Å². The summed E-state index contributed by atoms with van der Waals surface area (Å²) < 4.78 is 81.7. The Morgan fingerprint density at radius 1 is 0.591 bits per heavy atom. The van der Waals surface area contributed by atoms with Gasteiger partial charge in [0.25, 0.3) is 20.0 Å². The fraction of sp³-hybridized carbons (Fsp3) is 0.312. The summed E-state index contributed by atoms with van der Waals surface area (Å²) in [5, 5.41) is 37.3. The molecule has 0 spiro atoms. The third-order valence-electron chi connectivity index (χ3n) is 12.2. The smallest absolute Gasteiger partial charge is 0.329 e. The lowest BCUT2D eigenvalue weighted by atomic mass is 9.90. The minimum atomic E-state index is -4.31. The number of sulfonamides is 2. The highest BCUT2D eigenvalue weighted by Crippen LogP contribution is 2.36. The molecule has 1 heterocycles. The monoisotopic (exact) mass is 1310 g/mol. The predicted molar refractivity (Wildman–Crippen MR) is 351 cm³/mol. The number of aliphatic hydroxyl groups is 2. The lowest BCUT2D eigenvalue weighted by molar-refractivity contribution is -0.107. The van der Waals surface area contributed by atoms with Gasteiger partial charge >= 0.3 is 12.1 Å². The van der Waals surface area contributed by atoms with E-state index in [0.29, 0.717) is 28.1 Å². The van der Waals surface area contributed by atoms with Gasteiger partial charge in [0.2, 0.25) is 0 Å². The summed E-state index contributed by atoms with van der Waals surface area (Å²) in [5.74, 6) is 2.53. The zero-order chi connectivity index (χ0) is 65.8. The molecule has 2 radical (unpaired) electrons. The molecule has 0 aliphatic rings. The van der Waals surface area contributed by atoms with E-state index in [1.54, 1.807) is 137 Å². The van der Waals surface area contributed by atoms with Crippen molar-refractivity contribution in [2.45, 2.75) is 122 Å². The molecule has 0 unspecified atom stereocenters. The van der Waals surface area contributed by atoms with Gasteiger partial charge in [0.05, 0.1) is 31.6 Å². The van der Waals surface area contributed by atoms with Crippen molar-refractivity contribution >= 4 is 61.5 Å². The van der Waals surface area contributed by atoms with E-state index in [0.717, 1.165) is 45.9 Å². The number of aromatic nitrogens is 2. The Labute approximate surface area is 527 Å². The second-order valence-corrected chi connectivity index (χ2v) is 26.9. The molecule has 88 heavy (non-hydrogen) atoms. The number of carbonyl (C=O) groups excluding carboxylic acids is 2. The van der Waals surface area contributed by atoms with Crippen molar-refractivity contribution in [1.82, 2.24) is 35.2 Å². The van der Waals surface area contributed by atoms with Gasteiger partial charge in [-0.05, 0) is 208 Å². The molecule has 0 atom stereocenters. The van der Waals surface area contributed by atoms with Gasteiger partial charge in [-0.25, -0.2) is 35.9 Å². The number of rotatable bonds is 18. The van der Waals surface area contributed by atoms with Gasteiger partial charge < -0.3 is 50.5 Å². The van der Waals surface area contributed by atoms with E-state index in [-0.39, 0.29) is 26.9 Å². The van der Waals surface area contributed by atoms with Crippen LogP contribution in [0.25, 0.3) is 33.4 Å². The van der Waals surface area contributed by atoms with Crippen LogP contribution >= 0.6 is 15.9 Å². The van der Waals surface area contributed by atoms with Crippen LogP contribution < -0.4 is 44.3 Å². The molecule has 7 aromatic rings. The SMILES string of the molecule is CC(C)(O)C(C)(C)O.CCn1cc(-c2ccc(Oc3cccc(-c4ccc(OC)cc4)c3)c(S(=O)(=O)NC(=O)NC(C)(C)C)c2)cn1.COc1ccc(-c2cccc(Oc3ccc(Br)cc3S(=O)(=O)NC(=O)NC(C)(C)C)c2)cc1.[B]C(=N)/C=C\NCC. The molecule has 470 valence electrons. The van der Waals surface area contributed by atoms with Crippen LogP contribution in [0.3, 0.4) is 0 Å². The maximum absolute atomic E-state index is 13.4. The minimum absolute atomic E-state index is 0.0737. The molecule has 1 aromatic heterocycles. The number of urea groups is 2. The van der Waals surface area contributed by atoms with Gasteiger partial charge in [0, 0.05) is 40.4 Å². The number of ether oxygens (including phenoxy) is 4. The van der Waals surface area contributed by atoms with Gasteiger partial charge in [-0.15, -0.1) is 0 Å². The lowest BCUT2D eigenvalue weighted by Crippen LogP contribution is -2.48. The summed E-state index contributed by atoms with van der Waals surface area (Å²) in [6.45, 7) is 22.3. The number of carbonyl (C=O) groups is 2. The summed E-state index contributed by atoms with van der Waals surface area (Å²) in [7, 11) is -0.311. The number of aryl methyl sites for hydroxylation is 1. The van der Waals surface area contributed by atoms with E-state index in [4.69, 9.17) is 42.4 Å². The minimum Gasteiger partial charge on any atom is -0.497 e. The van der Waals surface area contributed by atoms with Crippen LogP contribution in [0.1, 0.15) is 83.1 Å². The van der Waals surface area contributed by atoms with Gasteiger partial charge in [-0.2, -0.15) is 5.10 Å². The third kappa shape index (κ3) is 23.8. The first kappa shape index (κ1) is 72.3. The Morgan fingerprint density at radius 2 is 1.00 bits per heavy atom. The molecule has 24 heteroatoms. The van der Waals surface area contributed by atoms with Gasteiger partial charge in [0.1, 0.15) is 52.1 Å². The van der Waals surface area contributed by atoms with Crippen molar-refractivity contribution < 1.29 is 55.6 Å². The van der Waals surface area contributed by atoms with Crippen LogP contribution in [-0.2, 0) is 26.6 Å². The maximum atomic E-state index is 13.4. The van der Waals surface area contributed by atoms with E-state index in [1.807, 2.05) is 104 Å². The Hall–Kier alpha value is -8.16. The Kier molecular flexibility index (Phi) is 26.0. The largest absolute Gasteiger partial charge is 0.497 e. The summed E-state index contributed by atoms with van der Waals surface area (Å²) >= 11 is 3.28. The second-order valence-electron chi connectivity index (χ2n) is 22.6. The second kappa shape index (κ2) is 31.7. The standard InChI is InChI=1S/C29H32N4O5S.C24H25BrN2O5S.C6H14O2.C5H9BN2/c1-6-33-19-23(18-30-33)22-12-15-26(27(17-22)39(35,36)32-28(34)31-29(2,3)4)38-25-9-7-8-21(16-25)20-10-13-24(37-5)14-11-20;1-24(2,3)26-23(28)27-33(29,30)22-15-18(25)10-13-21(22)32-20-7-5-6-17(14-20)16-8-11-19(31-4)12-9-16;1-5(2,7)6(3,4)8;1-2-8-4-3-5(6)7/h7-19H,6H2,1-5H3,(H2,31,32,34);5-15H,1-4H3,(H2,26,27,28);7-8H,1-4H3;3-4,7-8H,2H2,1H3/b;;;4-3-,7-5?. The first-order valence-corrected chi connectivity index (χ1v) is 31.4. The van der Waals surface area contributed by atoms with Gasteiger partial charge in [-0.1, -0.05) is 70.5 Å². The fourth-order valence-corrected chi connectivity index (χ4v) is 9.73. The topological polar surface area (TPSA) is 282 Å². The average Bonchev–Trinajstić information content (AvgIpc) is 1.90. The summed E-state index contributed by atoms with van der Waals surface area (Å²) in [6.07, 6.45) is 6.64. The predicted octanol–water partition coefficient (Wildman–Crippen LogP) is 12.3. The van der Waals surface area contributed by atoms with Crippen molar-refractivity contribution in [2.24, 2.45) is 0 Å². The molecular weight excluding hydrogens is 1230 g/mol. The highest BCUT2D eigenvalue weighted by Gasteiger charge is 2.32. The number of allylic oxidation sites excluding steroid dienone is 1. The Bertz CT molecular complexity index is 3710. The summed E-state index contributed by atoms with van der Waals surface area (Å²) in [6, 6.07) is 37.5. The summed E-state index contributed by atoms with van der Waals surface area (Å²) in [4.78, 5) is 24.3. The quantitative estimate of drug-likeness (QED) is 0.0293. The van der Waals surface area contributed by atoms with Crippen LogP contribution in [-0.4, -0.2) is 105 Å². The van der Waals surface area contributed by atoms with Crippen LogP contribution in [0.4, 0.5) is 9.59 Å². The highest BCUT2D eigenvalue weighted by atomic mass is 79.9.